The summed E-state index contributed by atoms with van der Waals surface area (Å²) >= 11 is 0. The number of aryl methyl sites for hydroxylation is 2. The second-order valence-electron chi connectivity index (χ2n) is 17.0. The molecule has 1 spiro atoms. The van der Waals surface area contributed by atoms with E-state index in [1.165, 1.54) is 55.6 Å². The summed E-state index contributed by atoms with van der Waals surface area (Å²) in [5.74, 6) is 1.91. The van der Waals surface area contributed by atoms with E-state index in [2.05, 4.69) is 182 Å². The second-order valence-corrected chi connectivity index (χ2v) is 17.0. The van der Waals surface area contributed by atoms with Crippen LogP contribution in [0.4, 0.5) is 0 Å². The van der Waals surface area contributed by atoms with Gasteiger partial charge in [0.15, 0.2) is 17.5 Å². The zero-order chi connectivity index (χ0) is 42.2. The zero-order valence-corrected chi connectivity index (χ0v) is 34.9. The molecule has 13 rings (SSSR count). The van der Waals surface area contributed by atoms with E-state index in [0.717, 1.165) is 62.6 Å². The normalized spacial score (nSPS) is 12.9. The summed E-state index contributed by atoms with van der Waals surface area (Å²) in [6.45, 7) is 0. The number of aromatic nitrogens is 3. The van der Waals surface area contributed by atoms with Gasteiger partial charge in [0.25, 0.3) is 0 Å². The van der Waals surface area contributed by atoms with Crippen LogP contribution in [0.5, 0.6) is 0 Å². The lowest BCUT2D eigenvalue weighted by Crippen LogP contribution is -2.27. The van der Waals surface area contributed by atoms with E-state index in [9.17, 15) is 0 Å². The van der Waals surface area contributed by atoms with Gasteiger partial charge in [0.2, 0.25) is 0 Å². The van der Waals surface area contributed by atoms with Crippen LogP contribution in [0, 0.1) is 0 Å². The summed E-state index contributed by atoms with van der Waals surface area (Å²) in [4.78, 5) is 15.6. The van der Waals surface area contributed by atoms with E-state index in [4.69, 9.17) is 19.4 Å². The summed E-state index contributed by atoms with van der Waals surface area (Å²) in [7, 11) is 0. The fraction of sp³-hybridized carbons (Fsp3) is 0.0500. The van der Waals surface area contributed by atoms with Crippen LogP contribution in [-0.4, -0.2) is 15.0 Å². The number of hydrogen-bond acceptors (Lipinski definition) is 4. The first kappa shape index (κ1) is 36.4. The number of hydrogen-bond donors (Lipinski definition) is 0. The van der Waals surface area contributed by atoms with Crippen LogP contribution >= 0.6 is 0 Å². The smallest absolute Gasteiger partial charge is 0.164 e. The summed E-state index contributed by atoms with van der Waals surface area (Å²) in [6, 6.07) is 76.0. The van der Waals surface area contributed by atoms with E-state index < -0.39 is 0 Å². The minimum Gasteiger partial charge on any atom is -0.456 e. The number of para-hydroxylation sites is 1. The first-order valence-electron chi connectivity index (χ1n) is 22.1. The summed E-state index contributed by atoms with van der Waals surface area (Å²) in [5, 5.41) is 2.18. The Bertz CT molecular complexity index is 3580. The molecule has 9 aromatic carbocycles. The second kappa shape index (κ2) is 14.4. The Morgan fingerprint density at radius 1 is 0.344 bits per heavy atom. The van der Waals surface area contributed by atoms with E-state index in [-0.39, 0.29) is 5.41 Å². The molecule has 64 heavy (non-hydrogen) atoms. The van der Waals surface area contributed by atoms with Crippen molar-refractivity contribution >= 4 is 21.9 Å². The number of fused-ring (bicyclic) bond motifs is 13. The zero-order valence-electron chi connectivity index (χ0n) is 34.9. The topological polar surface area (TPSA) is 51.8 Å². The monoisotopic (exact) mass is 817 g/mol. The van der Waals surface area contributed by atoms with Gasteiger partial charge in [0.1, 0.15) is 11.2 Å². The number of nitrogens with zero attached hydrogens (tertiary/aromatic N) is 3. The highest BCUT2D eigenvalue weighted by Crippen LogP contribution is 2.63. The van der Waals surface area contributed by atoms with Gasteiger partial charge in [-0.25, -0.2) is 15.0 Å². The Labute approximate surface area is 371 Å². The van der Waals surface area contributed by atoms with E-state index in [0.29, 0.717) is 17.5 Å². The lowest BCUT2D eigenvalue weighted by Gasteiger charge is -2.32. The molecule has 2 aliphatic carbocycles. The Balaban J connectivity index is 0.899. The lowest BCUT2D eigenvalue weighted by molar-refractivity contribution is 0.669. The minimum absolute atomic E-state index is 0.374. The van der Waals surface area contributed by atoms with Crippen molar-refractivity contribution in [2.24, 2.45) is 0 Å². The predicted octanol–water partition coefficient (Wildman–Crippen LogP) is 14.6. The minimum atomic E-state index is -0.374. The molecule has 0 saturated heterocycles. The third-order valence-electron chi connectivity index (χ3n) is 13.5. The van der Waals surface area contributed by atoms with Crippen LogP contribution in [0.1, 0.15) is 33.4 Å². The molecule has 2 aromatic heterocycles. The van der Waals surface area contributed by atoms with Gasteiger partial charge in [-0.15, -0.1) is 0 Å². The van der Waals surface area contributed by atoms with Crippen molar-refractivity contribution in [1.29, 1.82) is 0 Å². The van der Waals surface area contributed by atoms with E-state index in [1.54, 1.807) is 0 Å². The van der Waals surface area contributed by atoms with Crippen molar-refractivity contribution in [3.05, 3.63) is 246 Å². The molecule has 2 aliphatic rings. The van der Waals surface area contributed by atoms with Crippen molar-refractivity contribution in [3.63, 3.8) is 0 Å². The van der Waals surface area contributed by atoms with Crippen molar-refractivity contribution in [1.82, 2.24) is 15.0 Å². The van der Waals surface area contributed by atoms with Crippen molar-refractivity contribution in [3.8, 4) is 67.5 Å². The molecular formula is C60H39N3O. The molecule has 2 heterocycles. The van der Waals surface area contributed by atoms with Crippen LogP contribution in [-0.2, 0) is 18.3 Å². The molecule has 0 radical (unpaired) electrons. The van der Waals surface area contributed by atoms with Crippen LogP contribution in [0.25, 0.3) is 89.5 Å². The SMILES string of the molecule is c1ccc(-c2nc(-c3cccc(CCc4cccc5c4C4(c6ccccc6-c6ccccc64)c4ccccc4-5)c3)nc(-c3ccccc3-c3ccc4oc5ccccc5c4c3)n2)cc1. The van der Waals surface area contributed by atoms with Gasteiger partial charge in [0.05, 0.1) is 5.41 Å². The molecule has 4 nitrogen and oxygen atoms in total. The molecule has 300 valence electrons. The van der Waals surface area contributed by atoms with Gasteiger partial charge in [-0.05, 0) is 104 Å². The van der Waals surface area contributed by atoms with Crippen molar-refractivity contribution < 1.29 is 4.42 Å². The molecular weight excluding hydrogens is 779 g/mol. The van der Waals surface area contributed by atoms with Crippen LogP contribution in [0.2, 0.25) is 0 Å². The maximum atomic E-state index is 6.19. The Hall–Kier alpha value is -8.21. The van der Waals surface area contributed by atoms with Crippen LogP contribution in [0.15, 0.2) is 217 Å². The first-order chi connectivity index (χ1) is 31.7. The van der Waals surface area contributed by atoms with Crippen LogP contribution < -0.4 is 0 Å². The number of benzene rings is 9. The van der Waals surface area contributed by atoms with Crippen molar-refractivity contribution in [2.75, 3.05) is 0 Å². The maximum absolute atomic E-state index is 6.19. The average Bonchev–Trinajstić information content (AvgIpc) is 4.00. The highest BCUT2D eigenvalue weighted by molar-refractivity contribution is 6.06. The lowest BCUT2D eigenvalue weighted by atomic mass is 9.69. The molecule has 0 amide bonds. The summed E-state index contributed by atoms with van der Waals surface area (Å²) in [6.07, 6.45) is 1.74. The highest BCUT2D eigenvalue weighted by atomic mass is 16.3. The molecule has 0 fully saturated rings. The highest BCUT2D eigenvalue weighted by Gasteiger charge is 2.52. The predicted molar refractivity (Wildman–Crippen MR) is 259 cm³/mol. The Morgan fingerprint density at radius 3 is 1.64 bits per heavy atom. The summed E-state index contributed by atoms with van der Waals surface area (Å²) < 4.78 is 6.19. The van der Waals surface area contributed by atoms with Gasteiger partial charge in [-0.1, -0.05) is 188 Å². The van der Waals surface area contributed by atoms with E-state index in [1.807, 2.05) is 30.3 Å². The third kappa shape index (κ3) is 5.52. The standard InChI is InChI=1S/C60H39N3O/c1-2-17-40(18-3-1)57-61-58(63-59(62-57)49-26-5-4-21-43(49)41-34-35-55-50(37-41)47-25-9-13-31-54(47)64-55)42-20-14-16-38(36-42)32-33-39-19-15-27-48-46-24-8-12-30-53(46)60(56(39)48)51-28-10-6-22-44(51)45-23-7-11-29-52(45)60/h1-31,34-37H,32-33H2. The van der Waals surface area contributed by atoms with Gasteiger partial charge in [-0.2, -0.15) is 0 Å². The Kier molecular flexibility index (Phi) is 8.22. The van der Waals surface area contributed by atoms with Crippen LogP contribution in [0.3, 0.4) is 0 Å². The Morgan fingerprint density at radius 2 is 0.891 bits per heavy atom. The fourth-order valence-electron chi connectivity index (χ4n) is 10.8. The molecule has 0 saturated carbocycles. The van der Waals surface area contributed by atoms with Gasteiger partial charge >= 0.3 is 0 Å². The third-order valence-corrected chi connectivity index (χ3v) is 13.5. The van der Waals surface area contributed by atoms with Gasteiger partial charge < -0.3 is 4.42 Å². The molecule has 0 atom stereocenters. The molecule has 11 aromatic rings. The number of furan rings is 1. The van der Waals surface area contributed by atoms with Gasteiger partial charge in [-0.3, -0.25) is 0 Å². The van der Waals surface area contributed by atoms with Gasteiger partial charge in [0, 0.05) is 27.5 Å². The molecule has 0 unspecified atom stereocenters. The number of rotatable bonds is 7. The van der Waals surface area contributed by atoms with Crippen molar-refractivity contribution in [2.45, 2.75) is 18.3 Å². The maximum Gasteiger partial charge on any atom is 0.164 e. The molecule has 0 aliphatic heterocycles. The fourth-order valence-corrected chi connectivity index (χ4v) is 10.8. The quantitative estimate of drug-likeness (QED) is 0.161. The molecule has 4 heteroatoms. The summed E-state index contributed by atoms with van der Waals surface area (Å²) in [5.41, 5.74) is 19.8. The first-order valence-corrected chi connectivity index (χ1v) is 22.1. The largest absolute Gasteiger partial charge is 0.456 e. The molecule has 0 N–H and O–H groups in total. The van der Waals surface area contributed by atoms with E-state index >= 15 is 0 Å². The average molecular weight is 818 g/mol. The molecule has 0 bridgehead atoms.